The molecule has 49 heavy (non-hydrogen) atoms. The van der Waals surface area contributed by atoms with E-state index in [1.807, 2.05) is 58.0 Å². The molecule has 2 N–H and O–H groups in total. The van der Waals surface area contributed by atoms with Crippen molar-refractivity contribution in [1.82, 2.24) is 19.7 Å². The minimum atomic E-state index is -0.415. The standard InChI is InChI=1S/C39H41N9S/c1-21-15-23(3)32(24(4)16-21)42-31-19-27(7)34(36(43-31)44-33-25(5)17-22(2)18-26(33)6)45-46-37-28(20-40)35(39(8,9)10)47-48(37)38-41-29-13-11-12-14-30(29)49-38/h11-19H,1-10H3,(H2,42,43,44)/b46-45+. The van der Waals surface area contributed by atoms with Crippen LogP contribution in [0.3, 0.4) is 0 Å². The number of anilines is 4. The highest BCUT2D eigenvalue weighted by Gasteiger charge is 2.29. The average Bonchev–Trinajstić information content (AvgIpc) is 3.61. The van der Waals surface area contributed by atoms with Crippen LogP contribution in [0.1, 0.15) is 71.0 Å². The number of nitrogens with zero attached hydrogens (tertiary/aromatic N) is 7. The van der Waals surface area contributed by atoms with Gasteiger partial charge in [0.15, 0.2) is 11.6 Å². The third kappa shape index (κ3) is 6.67. The fraction of sp³-hybridized carbons (Fsp3) is 0.282. The zero-order valence-electron chi connectivity index (χ0n) is 29.7. The highest BCUT2D eigenvalue weighted by atomic mass is 32.1. The number of thiazole rings is 1. The number of rotatable bonds is 7. The molecule has 9 nitrogen and oxygen atoms in total. The first-order chi connectivity index (χ1) is 23.2. The minimum Gasteiger partial charge on any atom is -0.340 e. The number of para-hydroxylation sites is 1. The summed E-state index contributed by atoms with van der Waals surface area (Å²) >= 11 is 1.49. The summed E-state index contributed by atoms with van der Waals surface area (Å²) in [5, 5.41) is 32.7. The van der Waals surface area contributed by atoms with Crippen molar-refractivity contribution in [2.24, 2.45) is 10.2 Å². The Morgan fingerprint density at radius 2 is 1.35 bits per heavy atom. The number of benzene rings is 3. The molecule has 0 amide bonds. The van der Waals surface area contributed by atoms with Crippen LogP contribution in [-0.4, -0.2) is 19.7 Å². The maximum Gasteiger partial charge on any atom is 0.213 e. The summed E-state index contributed by atoms with van der Waals surface area (Å²) < 4.78 is 2.67. The van der Waals surface area contributed by atoms with E-state index in [9.17, 15) is 5.26 Å². The molecule has 10 heteroatoms. The Hall–Kier alpha value is -5.40. The zero-order valence-corrected chi connectivity index (χ0v) is 30.6. The molecule has 248 valence electrons. The third-order valence-electron chi connectivity index (χ3n) is 8.43. The Morgan fingerprint density at radius 1 is 0.755 bits per heavy atom. The van der Waals surface area contributed by atoms with Gasteiger partial charge in [-0.1, -0.05) is 79.6 Å². The zero-order chi connectivity index (χ0) is 35.2. The van der Waals surface area contributed by atoms with Gasteiger partial charge >= 0.3 is 0 Å². The van der Waals surface area contributed by atoms with Gasteiger partial charge in [-0.2, -0.15) is 15.0 Å². The summed E-state index contributed by atoms with van der Waals surface area (Å²) in [5.74, 6) is 1.56. The van der Waals surface area contributed by atoms with Crippen LogP contribution in [0.5, 0.6) is 0 Å². The van der Waals surface area contributed by atoms with Gasteiger partial charge in [0.25, 0.3) is 0 Å². The molecule has 6 rings (SSSR count). The van der Waals surface area contributed by atoms with Crippen molar-refractivity contribution >= 4 is 56.1 Å². The van der Waals surface area contributed by atoms with Gasteiger partial charge in [0.2, 0.25) is 5.13 Å². The van der Waals surface area contributed by atoms with Crippen LogP contribution in [0.4, 0.5) is 34.5 Å². The number of fused-ring (bicyclic) bond motifs is 1. The number of azo groups is 1. The number of aromatic nitrogens is 4. The Kier molecular flexibility index (Phi) is 8.82. The maximum absolute atomic E-state index is 10.4. The molecule has 3 aromatic carbocycles. The first-order valence-electron chi connectivity index (χ1n) is 16.3. The van der Waals surface area contributed by atoms with Gasteiger partial charge in [-0.3, -0.25) is 0 Å². The molecular weight excluding hydrogens is 627 g/mol. The Labute approximate surface area is 291 Å². The lowest BCUT2D eigenvalue weighted by Gasteiger charge is -2.18. The predicted molar refractivity (Wildman–Crippen MR) is 201 cm³/mol. The van der Waals surface area contributed by atoms with Crippen LogP contribution in [-0.2, 0) is 5.41 Å². The van der Waals surface area contributed by atoms with Crippen molar-refractivity contribution in [1.29, 1.82) is 5.26 Å². The monoisotopic (exact) mass is 667 g/mol. The van der Waals surface area contributed by atoms with Crippen LogP contribution in [0.25, 0.3) is 15.3 Å². The molecule has 0 saturated carbocycles. The molecule has 0 spiro atoms. The summed E-state index contributed by atoms with van der Waals surface area (Å²) in [5.41, 5.74) is 11.7. The van der Waals surface area contributed by atoms with E-state index < -0.39 is 5.41 Å². The summed E-state index contributed by atoms with van der Waals surface area (Å²) in [6.07, 6.45) is 0. The van der Waals surface area contributed by atoms with Crippen molar-refractivity contribution in [3.63, 3.8) is 0 Å². The maximum atomic E-state index is 10.4. The van der Waals surface area contributed by atoms with Crippen molar-refractivity contribution in [2.75, 3.05) is 10.6 Å². The lowest BCUT2D eigenvalue weighted by molar-refractivity contribution is 0.559. The van der Waals surface area contributed by atoms with Gasteiger partial charge < -0.3 is 10.6 Å². The van der Waals surface area contributed by atoms with Crippen LogP contribution in [0.15, 0.2) is 64.8 Å². The Bertz CT molecular complexity index is 2230. The fourth-order valence-corrected chi connectivity index (χ4v) is 7.17. The lowest BCUT2D eigenvalue weighted by atomic mass is 9.90. The molecule has 6 aromatic rings. The van der Waals surface area contributed by atoms with Gasteiger partial charge in [0.05, 0.1) is 15.9 Å². The summed E-state index contributed by atoms with van der Waals surface area (Å²) in [6.45, 7) is 20.7. The van der Waals surface area contributed by atoms with E-state index in [-0.39, 0.29) is 0 Å². The van der Waals surface area contributed by atoms with Crippen LogP contribution in [0.2, 0.25) is 0 Å². The SMILES string of the molecule is Cc1cc(C)c(Nc2cc(C)c(/N=N/c3c(C#N)c(C(C)(C)C)nn3-c3nc4ccccc4s3)c(Nc3c(C)cc(C)cc3C)n2)c(C)c1. The smallest absolute Gasteiger partial charge is 0.213 e. The third-order valence-corrected chi connectivity index (χ3v) is 9.44. The van der Waals surface area contributed by atoms with E-state index in [1.165, 1.54) is 22.5 Å². The van der Waals surface area contributed by atoms with Crippen molar-refractivity contribution in [3.8, 4) is 11.2 Å². The normalized spacial score (nSPS) is 11.8. The second-order valence-corrected chi connectivity index (χ2v) is 14.8. The summed E-state index contributed by atoms with van der Waals surface area (Å²) in [4.78, 5) is 9.90. The van der Waals surface area contributed by atoms with Crippen LogP contribution < -0.4 is 10.6 Å². The van der Waals surface area contributed by atoms with Gasteiger partial charge in [0.1, 0.15) is 23.1 Å². The molecule has 0 saturated heterocycles. The molecule has 0 aliphatic heterocycles. The highest BCUT2D eigenvalue weighted by Crippen LogP contribution is 2.40. The van der Waals surface area contributed by atoms with E-state index in [0.717, 1.165) is 49.4 Å². The van der Waals surface area contributed by atoms with E-state index in [0.29, 0.717) is 39.5 Å². The number of pyridine rings is 1. The Morgan fingerprint density at radius 3 is 1.92 bits per heavy atom. The predicted octanol–water partition coefficient (Wildman–Crippen LogP) is 11.1. The molecule has 3 aromatic heterocycles. The van der Waals surface area contributed by atoms with Crippen molar-refractivity contribution < 1.29 is 0 Å². The molecule has 3 heterocycles. The minimum absolute atomic E-state index is 0.327. The molecule has 0 bridgehead atoms. The quantitative estimate of drug-likeness (QED) is 0.164. The van der Waals surface area contributed by atoms with E-state index in [4.69, 9.17) is 25.3 Å². The molecule has 0 atom stereocenters. The van der Waals surface area contributed by atoms with Crippen LogP contribution in [0, 0.1) is 59.8 Å². The van der Waals surface area contributed by atoms with Gasteiger partial charge in [0, 0.05) is 16.8 Å². The second-order valence-electron chi connectivity index (χ2n) is 13.8. The van der Waals surface area contributed by atoms with E-state index in [1.54, 1.807) is 4.68 Å². The summed E-state index contributed by atoms with van der Waals surface area (Å²) in [6, 6.07) is 20.9. The number of nitrogens with one attached hydrogen (secondary N) is 2. The summed E-state index contributed by atoms with van der Waals surface area (Å²) in [7, 11) is 0. The first kappa shape index (κ1) is 33.5. The topological polar surface area (TPSA) is 116 Å². The number of nitriles is 1. The van der Waals surface area contributed by atoms with Gasteiger partial charge in [-0.15, -0.1) is 10.2 Å². The van der Waals surface area contributed by atoms with Gasteiger partial charge in [-0.05, 0) is 94.5 Å². The number of hydrogen-bond donors (Lipinski definition) is 2. The van der Waals surface area contributed by atoms with Crippen molar-refractivity contribution in [3.05, 3.63) is 105 Å². The molecule has 0 aliphatic rings. The Balaban J connectivity index is 1.52. The van der Waals surface area contributed by atoms with Gasteiger partial charge in [-0.25, -0.2) is 9.97 Å². The second kappa shape index (κ2) is 12.9. The first-order valence-corrected chi connectivity index (χ1v) is 17.1. The van der Waals surface area contributed by atoms with Crippen molar-refractivity contribution in [2.45, 2.75) is 74.7 Å². The molecule has 0 radical (unpaired) electrons. The number of hydrogen-bond acceptors (Lipinski definition) is 9. The fourth-order valence-electron chi connectivity index (χ4n) is 6.25. The van der Waals surface area contributed by atoms with Crippen LogP contribution >= 0.6 is 11.3 Å². The number of aryl methyl sites for hydroxylation is 7. The molecular formula is C39H41N9S. The average molecular weight is 668 g/mol. The lowest BCUT2D eigenvalue weighted by Crippen LogP contribution is -2.14. The molecule has 0 aliphatic carbocycles. The highest BCUT2D eigenvalue weighted by molar-refractivity contribution is 7.20. The van der Waals surface area contributed by atoms with E-state index >= 15 is 0 Å². The largest absolute Gasteiger partial charge is 0.340 e. The molecule has 0 unspecified atom stereocenters. The molecule has 0 fully saturated rings. The van der Waals surface area contributed by atoms with E-state index in [2.05, 4.69) is 82.5 Å².